The molecule has 116 valence electrons. The maximum atomic E-state index is 11.9. The zero-order valence-corrected chi connectivity index (χ0v) is 12.8. The molecule has 0 saturated heterocycles. The van der Waals surface area contributed by atoms with Crippen LogP contribution in [0.3, 0.4) is 0 Å². The van der Waals surface area contributed by atoms with Crippen LogP contribution in [0.2, 0.25) is 0 Å². The Morgan fingerprint density at radius 2 is 1.91 bits per heavy atom. The van der Waals surface area contributed by atoms with Gasteiger partial charge < -0.3 is 9.84 Å². The summed E-state index contributed by atoms with van der Waals surface area (Å²) in [7, 11) is 0. The lowest BCUT2D eigenvalue weighted by molar-refractivity contribution is -0.136. The maximum Gasteiger partial charge on any atom is 0.314 e. The molecule has 1 aromatic carbocycles. The summed E-state index contributed by atoms with van der Waals surface area (Å²) < 4.78 is 4.82. The van der Waals surface area contributed by atoms with E-state index in [9.17, 15) is 9.59 Å². The zero-order chi connectivity index (χ0) is 16.1. The summed E-state index contributed by atoms with van der Waals surface area (Å²) in [6.45, 7) is 5.60. The fourth-order valence-corrected chi connectivity index (χ4v) is 1.99. The highest BCUT2D eigenvalue weighted by Gasteiger charge is 2.18. The first kappa shape index (κ1) is 15.8. The van der Waals surface area contributed by atoms with Gasteiger partial charge in [-0.15, -0.1) is 0 Å². The molecule has 2 aromatic rings. The van der Waals surface area contributed by atoms with Crippen LogP contribution in [0.15, 0.2) is 34.9 Å². The van der Waals surface area contributed by atoms with Crippen LogP contribution in [0.5, 0.6) is 0 Å². The number of nitrogens with one attached hydrogen (secondary N) is 2. The summed E-state index contributed by atoms with van der Waals surface area (Å²) in [4.78, 5) is 23.7. The third-order valence-electron chi connectivity index (χ3n) is 3.31. The van der Waals surface area contributed by atoms with Crippen molar-refractivity contribution < 1.29 is 14.1 Å². The quantitative estimate of drug-likeness (QED) is 0.849. The topological polar surface area (TPSA) is 84.2 Å². The number of aryl methyl sites for hydroxylation is 2. The fraction of sp³-hybridized carbons (Fsp3) is 0.312. The summed E-state index contributed by atoms with van der Waals surface area (Å²) >= 11 is 0. The van der Waals surface area contributed by atoms with Crippen molar-refractivity contribution in [3.8, 4) is 0 Å². The van der Waals surface area contributed by atoms with Gasteiger partial charge >= 0.3 is 11.8 Å². The molecule has 2 rings (SSSR count). The molecule has 2 amide bonds. The predicted molar refractivity (Wildman–Crippen MR) is 82.2 cm³/mol. The Kier molecular flexibility index (Phi) is 4.93. The molecule has 0 aliphatic heterocycles. The molecule has 1 unspecified atom stereocenters. The number of carbonyl (C=O) groups excluding carboxylic acids is 2. The van der Waals surface area contributed by atoms with Gasteiger partial charge in [-0.25, -0.2) is 0 Å². The number of hydrogen-bond acceptors (Lipinski definition) is 4. The number of hydrogen-bond donors (Lipinski definition) is 2. The minimum absolute atomic E-state index is 0.220. The van der Waals surface area contributed by atoms with Crippen molar-refractivity contribution in [2.45, 2.75) is 33.2 Å². The highest BCUT2D eigenvalue weighted by atomic mass is 16.5. The minimum atomic E-state index is -0.773. The summed E-state index contributed by atoms with van der Waals surface area (Å²) in [5.74, 6) is -0.712. The Morgan fingerprint density at radius 3 is 2.45 bits per heavy atom. The second-order valence-electron chi connectivity index (χ2n) is 5.07. The lowest BCUT2D eigenvalue weighted by atomic mass is 10.1. The number of benzene rings is 1. The molecule has 1 heterocycles. The van der Waals surface area contributed by atoms with Crippen LogP contribution < -0.4 is 10.6 Å². The van der Waals surface area contributed by atoms with Crippen molar-refractivity contribution in [1.82, 2.24) is 10.5 Å². The first-order valence-electron chi connectivity index (χ1n) is 7.13. The van der Waals surface area contributed by atoms with Crippen LogP contribution in [0.4, 0.5) is 5.82 Å². The summed E-state index contributed by atoms with van der Waals surface area (Å²) in [6.07, 6.45) is 0.959. The van der Waals surface area contributed by atoms with Crippen LogP contribution in [-0.2, 0) is 16.0 Å². The van der Waals surface area contributed by atoms with Gasteiger partial charge in [0.1, 0.15) is 5.76 Å². The van der Waals surface area contributed by atoms with Crippen LogP contribution in [0.25, 0.3) is 0 Å². The monoisotopic (exact) mass is 301 g/mol. The maximum absolute atomic E-state index is 11.9. The Labute approximate surface area is 128 Å². The van der Waals surface area contributed by atoms with Crippen LogP contribution in [0.1, 0.15) is 36.8 Å². The van der Waals surface area contributed by atoms with Gasteiger partial charge in [-0.05, 0) is 31.4 Å². The summed E-state index contributed by atoms with van der Waals surface area (Å²) in [5.41, 5.74) is 2.16. The van der Waals surface area contributed by atoms with E-state index >= 15 is 0 Å². The number of aromatic nitrogens is 1. The SMILES string of the molecule is CCc1ccc(C(C)NC(=O)C(=O)Nc2cc(C)on2)cc1. The molecule has 6 nitrogen and oxygen atoms in total. The third kappa shape index (κ3) is 3.94. The van der Waals surface area contributed by atoms with Crippen molar-refractivity contribution in [3.05, 3.63) is 47.2 Å². The first-order chi connectivity index (χ1) is 10.5. The highest BCUT2D eigenvalue weighted by Crippen LogP contribution is 2.14. The lowest BCUT2D eigenvalue weighted by Crippen LogP contribution is -2.37. The summed E-state index contributed by atoms with van der Waals surface area (Å²) in [6, 6.07) is 9.19. The van der Waals surface area contributed by atoms with Crippen molar-refractivity contribution in [1.29, 1.82) is 0 Å². The minimum Gasteiger partial charge on any atom is -0.360 e. The third-order valence-corrected chi connectivity index (χ3v) is 3.31. The molecule has 0 spiro atoms. The molecule has 0 radical (unpaired) electrons. The van der Waals surface area contributed by atoms with Crippen molar-refractivity contribution in [2.75, 3.05) is 5.32 Å². The largest absolute Gasteiger partial charge is 0.360 e. The number of rotatable bonds is 4. The van der Waals surface area contributed by atoms with E-state index in [1.165, 1.54) is 11.6 Å². The van der Waals surface area contributed by atoms with Crippen molar-refractivity contribution in [3.63, 3.8) is 0 Å². The molecule has 1 atom stereocenters. The number of anilines is 1. The van der Waals surface area contributed by atoms with E-state index in [-0.39, 0.29) is 11.9 Å². The predicted octanol–water partition coefficient (Wildman–Crippen LogP) is 2.36. The van der Waals surface area contributed by atoms with Gasteiger partial charge in [-0.2, -0.15) is 0 Å². The summed E-state index contributed by atoms with van der Waals surface area (Å²) in [5, 5.41) is 8.64. The lowest BCUT2D eigenvalue weighted by Gasteiger charge is -2.14. The average molecular weight is 301 g/mol. The Balaban J connectivity index is 1.93. The molecular weight excluding hydrogens is 282 g/mol. The van der Waals surface area contributed by atoms with E-state index in [4.69, 9.17) is 4.52 Å². The molecular formula is C16H19N3O3. The first-order valence-corrected chi connectivity index (χ1v) is 7.13. The van der Waals surface area contributed by atoms with Crippen molar-refractivity contribution in [2.24, 2.45) is 0 Å². The second-order valence-corrected chi connectivity index (χ2v) is 5.07. The molecule has 2 N–H and O–H groups in total. The standard InChI is InChI=1S/C16H19N3O3/c1-4-12-5-7-13(8-6-12)11(3)17-15(20)16(21)18-14-9-10(2)22-19-14/h5-9,11H,4H2,1-3H3,(H,17,20)(H,18,19,21). The molecule has 0 aliphatic rings. The second kappa shape index (κ2) is 6.89. The smallest absolute Gasteiger partial charge is 0.314 e. The van der Waals surface area contributed by atoms with Gasteiger partial charge in [-0.1, -0.05) is 36.3 Å². The van der Waals surface area contributed by atoms with Gasteiger partial charge in [0.05, 0.1) is 6.04 Å². The van der Waals surface area contributed by atoms with Gasteiger partial charge in [0.25, 0.3) is 0 Å². The van der Waals surface area contributed by atoms with E-state index in [1.807, 2.05) is 31.2 Å². The van der Waals surface area contributed by atoms with Gasteiger partial charge in [0.2, 0.25) is 0 Å². The van der Waals surface area contributed by atoms with Crippen LogP contribution in [0, 0.1) is 6.92 Å². The molecule has 6 heteroatoms. The fourth-order valence-electron chi connectivity index (χ4n) is 1.99. The van der Waals surface area contributed by atoms with E-state index in [0.717, 1.165) is 12.0 Å². The Hall–Kier alpha value is -2.63. The highest BCUT2D eigenvalue weighted by molar-refractivity contribution is 6.39. The molecule has 1 aromatic heterocycles. The molecule has 22 heavy (non-hydrogen) atoms. The Morgan fingerprint density at radius 1 is 1.23 bits per heavy atom. The average Bonchev–Trinajstić information content (AvgIpc) is 2.92. The number of carbonyl (C=O) groups is 2. The van der Waals surface area contributed by atoms with Gasteiger partial charge in [0, 0.05) is 6.07 Å². The molecule has 0 bridgehead atoms. The van der Waals surface area contributed by atoms with Crippen LogP contribution in [-0.4, -0.2) is 17.0 Å². The molecule has 0 saturated carbocycles. The van der Waals surface area contributed by atoms with E-state index in [0.29, 0.717) is 5.76 Å². The van der Waals surface area contributed by atoms with E-state index in [2.05, 4.69) is 22.7 Å². The van der Waals surface area contributed by atoms with Crippen molar-refractivity contribution >= 4 is 17.6 Å². The number of amides is 2. The van der Waals surface area contributed by atoms with E-state index in [1.54, 1.807) is 6.92 Å². The normalized spacial score (nSPS) is 11.8. The van der Waals surface area contributed by atoms with Gasteiger partial charge in [-0.3, -0.25) is 14.9 Å². The van der Waals surface area contributed by atoms with E-state index < -0.39 is 11.8 Å². The number of nitrogens with zero attached hydrogens (tertiary/aromatic N) is 1. The molecule has 0 fully saturated rings. The zero-order valence-electron chi connectivity index (χ0n) is 12.8. The van der Waals surface area contributed by atoms with Crippen LogP contribution >= 0.6 is 0 Å². The Bertz CT molecular complexity index is 662. The molecule has 0 aliphatic carbocycles. The van der Waals surface area contributed by atoms with Gasteiger partial charge in [0.15, 0.2) is 5.82 Å².